The maximum Gasteiger partial charge on any atom is 0.407 e. The van der Waals surface area contributed by atoms with E-state index in [0.717, 1.165) is 22.3 Å². The fourth-order valence-corrected chi connectivity index (χ4v) is 5.86. The highest BCUT2D eigenvalue weighted by atomic mass is 16.5. The Kier molecular flexibility index (Phi) is 6.23. The molecule has 0 spiro atoms. The summed E-state index contributed by atoms with van der Waals surface area (Å²) in [6.45, 7) is 1.45. The molecule has 8 heteroatoms. The second-order valence-corrected chi connectivity index (χ2v) is 10.0. The highest BCUT2D eigenvalue weighted by Crippen LogP contribution is 2.51. The van der Waals surface area contributed by atoms with Crippen LogP contribution < -0.4 is 5.32 Å². The predicted molar refractivity (Wildman–Crippen MR) is 130 cm³/mol. The van der Waals surface area contributed by atoms with Gasteiger partial charge in [-0.1, -0.05) is 48.5 Å². The summed E-state index contributed by atoms with van der Waals surface area (Å²) in [5, 5.41) is 12.1. The molecule has 1 saturated heterocycles. The van der Waals surface area contributed by atoms with Gasteiger partial charge in [0.1, 0.15) is 12.6 Å². The van der Waals surface area contributed by atoms with Gasteiger partial charge in [-0.2, -0.15) is 0 Å². The standard InChI is InChI=1S/C27H31N3O5/c1-29(2)14-23(25(31)30-12-11-20-21(13-30)24(20)26(32)33)28-27(34)35-15-22-18-9-5-3-7-16(18)17-8-4-6-10-19(17)22/h3-10,20-24H,11-15H2,1-2H3,(H,28,34)(H,32,33)/t20-,21+,23?,24?/m1/s1. The smallest absolute Gasteiger partial charge is 0.407 e. The Hall–Kier alpha value is -3.39. The van der Waals surface area contributed by atoms with E-state index < -0.39 is 18.1 Å². The quantitative estimate of drug-likeness (QED) is 0.636. The third-order valence-corrected chi connectivity index (χ3v) is 7.57. The molecule has 2 N–H and O–H groups in total. The Morgan fingerprint density at radius 3 is 2.29 bits per heavy atom. The number of likely N-dealkylation sites (tertiary alicyclic amines) is 1. The SMILES string of the molecule is CN(C)CC(NC(=O)OCC1c2ccccc2-c2ccccc21)C(=O)N1CC[C@H]2C(C(=O)O)[C@H]2C1. The van der Waals surface area contributed by atoms with E-state index >= 15 is 0 Å². The number of ether oxygens (including phenoxy) is 1. The molecule has 2 amide bonds. The number of fused-ring (bicyclic) bond motifs is 4. The topological polar surface area (TPSA) is 99.2 Å². The number of carboxylic acids is 1. The van der Waals surface area contributed by atoms with Crippen molar-refractivity contribution in [3.8, 4) is 11.1 Å². The number of alkyl carbamates (subject to hydrolysis) is 1. The van der Waals surface area contributed by atoms with Crippen LogP contribution in [0.1, 0.15) is 23.5 Å². The molecule has 184 valence electrons. The summed E-state index contributed by atoms with van der Waals surface area (Å²) in [7, 11) is 3.68. The number of carbonyl (C=O) groups excluding carboxylic acids is 2. The van der Waals surface area contributed by atoms with Gasteiger partial charge in [-0.05, 0) is 54.6 Å². The van der Waals surface area contributed by atoms with Gasteiger partial charge in [0.05, 0.1) is 5.92 Å². The van der Waals surface area contributed by atoms with Crippen molar-refractivity contribution in [1.82, 2.24) is 15.1 Å². The molecule has 2 aromatic carbocycles. The number of piperidine rings is 1. The van der Waals surface area contributed by atoms with E-state index in [4.69, 9.17) is 4.74 Å². The van der Waals surface area contributed by atoms with Crippen molar-refractivity contribution >= 4 is 18.0 Å². The van der Waals surface area contributed by atoms with Crippen LogP contribution in [0.3, 0.4) is 0 Å². The molecule has 2 aliphatic carbocycles. The van der Waals surface area contributed by atoms with Gasteiger partial charge in [-0.15, -0.1) is 0 Å². The Bertz CT molecular complexity index is 1100. The normalized spacial score (nSPS) is 23.2. The summed E-state index contributed by atoms with van der Waals surface area (Å²) in [5.41, 5.74) is 4.56. The lowest BCUT2D eigenvalue weighted by Crippen LogP contribution is -2.54. The largest absolute Gasteiger partial charge is 0.481 e. The maximum absolute atomic E-state index is 13.3. The molecule has 3 aliphatic rings. The van der Waals surface area contributed by atoms with Gasteiger partial charge in [-0.3, -0.25) is 9.59 Å². The summed E-state index contributed by atoms with van der Waals surface area (Å²) in [5.74, 6) is -1.20. The first kappa shape index (κ1) is 23.4. The van der Waals surface area contributed by atoms with E-state index in [2.05, 4.69) is 29.6 Å². The van der Waals surface area contributed by atoms with E-state index in [1.807, 2.05) is 43.3 Å². The van der Waals surface area contributed by atoms with Crippen molar-refractivity contribution in [2.75, 3.05) is 40.3 Å². The van der Waals surface area contributed by atoms with Crippen LogP contribution in [0.5, 0.6) is 0 Å². The van der Waals surface area contributed by atoms with Crippen molar-refractivity contribution in [3.05, 3.63) is 59.7 Å². The molecule has 1 aliphatic heterocycles. The molecule has 35 heavy (non-hydrogen) atoms. The molecule has 2 fully saturated rings. The molecular formula is C27H31N3O5. The molecule has 0 radical (unpaired) electrons. The molecule has 0 bridgehead atoms. The number of likely N-dealkylation sites (N-methyl/N-ethyl adjacent to an activating group) is 1. The predicted octanol–water partition coefficient (Wildman–Crippen LogP) is 2.63. The summed E-state index contributed by atoms with van der Waals surface area (Å²) in [6.07, 6.45) is 0.0595. The fraction of sp³-hybridized carbons (Fsp3) is 0.444. The van der Waals surface area contributed by atoms with Gasteiger partial charge in [0.2, 0.25) is 5.91 Å². The van der Waals surface area contributed by atoms with Gasteiger partial charge in [0, 0.05) is 25.6 Å². The van der Waals surface area contributed by atoms with Gasteiger partial charge >= 0.3 is 12.1 Å². The average Bonchev–Trinajstić information content (AvgIpc) is 3.49. The van der Waals surface area contributed by atoms with Crippen molar-refractivity contribution in [1.29, 1.82) is 0 Å². The Labute approximate surface area is 204 Å². The first-order chi connectivity index (χ1) is 16.8. The molecule has 2 aromatic rings. The van der Waals surface area contributed by atoms with E-state index in [1.54, 1.807) is 4.90 Å². The van der Waals surface area contributed by atoms with Crippen LogP contribution in [0.4, 0.5) is 4.79 Å². The lowest BCUT2D eigenvalue weighted by atomic mass is 9.98. The molecule has 1 saturated carbocycles. The number of benzene rings is 2. The second kappa shape index (κ2) is 9.34. The first-order valence-corrected chi connectivity index (χ1v) is 12.1. The number of hydrogen-bond donors (Lipinski definition) is 2. The van der Waals surface area contributed by atoms with Crippen LogP contribution >= 0.6 is 0 Å². The number of nitrogens with one attached hydrogen (secondary N) is 1. The Morgan fingerprint density at radius 1 is 1.06 bits per heavy atom. The number of carbonyl (C=O) groups is 3. The van der Waals surface area contributed by atoms with Crippen LogP contribution in [0, 0.1) is 17.8 Å². The summed E-state index contributed by atoms with van der Waals surface area (Å²) in [4.78, 5) is 41.0. The number of hydrogen-bond acceptors (Lipinski definition) is 5. The van der Waals surface area contributed by atoms with E-state index in [1.165, 1.54) is 0 Å². The molecule has 2 unspecified atom stereocenters. The first-order valence-electron chi connectivity index (χ1n) is 12.1. The number of nitrogens with zero attached hydrogens (tertiary/aromatic N) is 2. The van der Waals surface area contributed by atoms with E-state index in [0.29, 0.717) is 26.1 Å². The Balaban J connectivity index is 1.23. The van der Waals surface area contributed by atoms with Gasteiger partial charge < -0.3 is 25.0 Å². The lowest BCUT2D eigenvalue weighted by Gasteiger charge is -2.31. The molecule has 5 rings (SSSR count). The van der Waals surface area contributed by atoms with Crippen LogP contribution in [-0.2, 0) is 14.3 Å². The highest BCUT2D eigenvalue weighted by Gasteiger charge is 2.57. The minimum Gasteiger partial charge on any atom is -0.481 e. The Morgan fingerprint density at radius 2 is 1.69 bits per heavy atom. The molecular weight excluding hydrogens is 446 g/mol. The van der Waals surface area contributed by atoms with Gasteiger partial charge in [0.15, 0.2) is 0 Å². The second-order valence-electron chi connectivity index (χ2n) is 10.0. The zero-order valence-corrected chi connectivity index (χ0v) is 20.0. The van der Waals surface area contributed by atoms with Gasteiger partial charge in [-0.25, -0.2) is 4.79 Å². The minimum absolute atomic E-state index is 0.0136. The van der Waals surface area contributed by atoms with Crippen LogP contribution in [0.25, 0.3) is 11.1 Å². The van der Waals surface area contributed by atoms with Crippen LogP contribution in [-0.4, -0.2) is 79.3 Å². The zero-order valence-electron chi connectivity index (χ0n) is 20.0. The number of carboxylic acid groups (broad SMARTS) is 1. The molecule has 8 nitrogen and oxygen atoms in total. The van der Waals surface area contributed by atoms with Crippen LogP contribution in [0.15, 0.2) is 48.5 Å². The summed E-state index contributed by atoms with van der Waals surface area (Å²) in [6, 6.07) is 15.5. The zero-order chi connectivity index (χ0) is 24.7. The maximum atomic E-state index is 13.3. The van der Waals surface area contributed by atoms with Crippen molar-refractivity contribution in [2.45, 2.75) is 18.4 Å². The number of rotatable bonds is 7. The summed E-state index contributed by atoms with van der Waals surface area (Å²) >= 11 is 0. The van der Waals surface area contributed by atoms with E-state index in [-0.39, 0.29) is 36.2 Å². The van der Waals surface area contributed by atoms with Crippen molar-refractivity contribution < 1.29 is 24.2 Å². The monoisotopic (exact) mass is 477 g/mol. The number of amides is 2. The third kappa shape index (κ3) is 4.50. The lowest BCUT2D eigenvalue weighted by molar-refractivity contribution is -0.139. The highest BCUT2D eigenvalue weighted by molar-refractivity contribution is 5.86. The molecule has 0 aromatic heterocycles. The van der Waals surface area contributed by atoms with Crippen LogP contribution in [0.2, 0.25) is 0 Å². The molecule has 1 heterocycles. The van der Waals surface area contributed by atoms with Gasteiger partial charge in [0.25, 0.3) is 0 Å². The molecule has 4 atom stereocenters. The minimum atomic E-state index is -0.782. The van der Waals surface area contributed by atoms with E-state index in [9.17, 15) is 19.5 Å². The van der Waals surface area contributed by atoms with Crippen molar-refractivity contribution in [2.24, 2.45) is 17.8 Å². The number of aliphatic carboxylic acids is 1. The average molecular weight is 478 g/mol. The summed E-state index contributed by atoms with van der Waals surface area (Å²) < 4.78 is 5.65. The third-order valence-electron chi connectivity index (χ3n) is 7.57. The van der Waals surface area contributed by atoms with Crippen molar-refractivity contribution in [3.63, 3.8) is 0 Å². The fourth-order valence-electron chi connectivity index (χ4n) is 5.86.